The SMILES string of the molecule is COc1nnc(NC(=O)c2cnc(COC3CC3)cc2-c2cc(Cl)ncc2OC)s1. The number of pyridine rings is 2. The number of ether oxygens (including phenoxy) is 3. The lowest BCUT2D eigenvalue weighted by Crippen LogP contribution is -2.14. The van der Waals surface area contributed by atoms with Crippen LogP contribution in [0.2, 0.25) is 5.15 Å². The molecule has 0 spiro atoms. The molecule has 0 aliphatic heterocycles. The van der Waals surface area contributed by atoms with Crippen LogP contribution in [0, 0.1) is 0 Å². The fourth-order valence-electron chi connectivity index (χ4n) is 2.72. The molecule has 0 saturated heterocycles. The van der Waals surface area contributed by atoms with E-state index in [4.69, 9.17) is 25.8 Å². The van der Waals surface area contributed by atoms with Gasteiger partial charge in [-0.3, -0.25) is 15.1 Å². The van der Waals surface area contributed by atoms with Crippen molar-refractivity contribution in [3.63, 3.8) is 0 Å². The molecular formula is C19H18ClN5O4S. The summed E-state index contributed by atoms with van der Waals surface area (Å²) < 4.78 is 16.2. The first-order chi connectivity index (χ1) is 14.6. The molecule has 1 fully saturated rings. The monoisotopic (exact) mass is 447 g/mol. The van der Waals surface area contributed by atoms with Crippen molar-refractivity contribution < 1.29 is 19.0 Å². The van der Waals surface area contributed by atoms with Gasteiger partial charge < -0.3 is 14.2 Å². The summed E-state index contributed by atoms with van der Waals surface area (Å²) in [4.78, 5) is 21.4. The Morgan fingerprint density at radius 2 is 2.00 bits per heavy atom. The normalized spacial score (nSPS) is 13.2. The number of hydrogen-bond acceptors (Lipinski definition) is 9. The van der Waals surface area contributed by atoms with Crippen molar-refractivity contribution in [1.82, 2.24) is 20.2 Å². The van der Waals surface area contributed by atoms with E-state index < -0.39 is 5.91 Å². The zero-order valence-corrected chi connectivity index (χ0v) is 17.8. The van der Waals surface area contributed by atoms with E-state index in [2.05, 4.69) is 25.5 Å². The minimum absolute atomic E-state index is 0.276. The molecule has 3 aromatic rings. The van der Waals surface area contributed by atoms with Gasteiger partial charge in [-0.1, -0.05) is 16.7 Å². The number of hydrogen-bond donors (Lipinski definition) is 1. The predicted octanol–water partition coefficient (Wildman–Crippen LogP) is 3.60. The van der Waals surface area contributed by atoms with Crippen LogP contribution < -0.4 is 14.8 Å². The third-order valence-electron chi connectivity index (χ3n) is 4.34. The van der Waals surface area contributed by atoms with E-state index in [1.54, 1.807) is 12.1 Å². The molecule has 1 amide bonds. The summed E-state index contributed by atoms with van der Waals surface area (Å²) >= 11 is 7.23. The Bertz CT molecular complexity index is 1070. The Balaban J connectivity index is 1.71. The van der Waals surface area contributed by atoms with Crippen molar-refractivity contribution in [2.75, 3.05) is 19.5 Å². The fourth-order valence-corrected chi connectivity index (χ4v) is 3.43. The maximum Gasteiger partial charge on any atom is 0.295 e. The van der Waals surface area contributed by atoms with Crippen LogP contribution in [0.4, 0.5) is 5.13 Å². The first-order valence-corrected chi connectivity index (χ1v) is 10.3. The van der Waals surface area contributed by atoms with Crippen molar-refractivity contribution in [3.05, 3.63) is 40.9 Å². The Morgan fingerprint density at radius 3 is 2.70 bits per heavy atom. The van der Waals surface area contributed by atoms with Crippen LogP contribution in [0.25, 0.3) is 11.1 Å². The number of halogens is 1. The van der Waals surface area contributed by atoms with Gasteiger partial charge in [0.1, 0.15) is 10.9 Å². The molecule has 4 rings (SSSR count). The predicted molar refractivity (Wildman–Crippen MR) is 111 cm³/mol. The van der Waals surface area contributed by atoms with Crippen molar-refractivity contribution >= 4 is 34.0 Å². The van der Waals surface area contributed by atoms with E-state index in [1.807, 2.05) is 0 Å². The Labute approximate surface area is 181 Å². The lowest BCUT2D eigenvalue weighted by molar-refractivity contribution is 0.101. The highest BCUT2D eigenvalue weighted by atomic mass is 35.5. The summed E-state index contributed by atoms with van der Waals surface area (Å²) in [5.74, 6) is 0.0762. The van der Waals surface area contributed by atoms with Gasteiger partial charge in [0, 0.05) is 17.3 Å². The number of nitrogens with zero attached hydrogens (tertiary/aromatic N) is 4. The molecule has 9 nitrogen and oxygen atoms in total. The van der Waals surface area contributed by atoms with Crippen LogP contribution in [0.3, 0.4) is 0 Å². The smallest absolute Gasteiger partial charge is 0.295 e. The van der Waals surface area contributed by atoms with E-state index in [9.17, 15) is 4.79 Å². The van der Waals surface area contributed by atoms with Gasteiger partial charge in [0.2, 0.25) is 5.13 Å². The van der Waals surface area contributed by atoms with Crippen LogP contribution in [0.5, 0.6) is 10.9 Å². The molecule has 0 bridgehead atoms. The summed E-state index contributed by atoms with van der Waals surface area (Å²) in [5, 5.41) is 11.4. The first-order valence-electron chi connectivity index (χ1n) is 9.06. The van der Waals surface area contributed by atoms with Gasteiger partial charge in [-0.15, -0.1) is 5.10 Å². The van der Waals surface area contributed by atoms with Crippen molar-refractivity contribution in [2.24, 2.45) is 0 Å². The summed E-state index contributed by atoms with van der Waals surface area (Å²) in [6.07, 6.45) is 5.42. The van der Waals surface area contributed by atoms with Crippen LogP contribution in [-0.4, -0.2) is 46.4 Å². The highest BCUT2D eigenvalue weighted by Gasteiger charge is 2.23. The summed E-state index contributed by atoms with van der Waals surface area (Å²) in [7, 11) is 3.01. The fraction of sp³-hybridized carbons (Fsp3) is 0.316. The first kappa shape index (κ1) is 20.5. The van der Waals surface area contributed by atoms with E-state index in [-0.39, 0.29) is 11.3 Å². The summed E-state index contributed by atoms with van der Waals surface area (Å²) in [6.45, 7) is 0.355. The molecule has 3 heterocycles. The molecular weight excluding hydrogens is 430 g/mol. The number of aromatic nitrogens is 4. The molecule has 0 radical (unpaired) electrons. The van der Waals surface area contributed by atoms with E-state index in [1.165, 1.54) is 26.6 Å². The van der Waals surface area contributed by atoms with E-state index >= 15 is 0 Å². The van der Waals surface area contributed by atoms with E-state index in [0.29, 0.717) is 45.1 Å². The van der Waals surface area contributed by atoms with Crippen LogP contribution in [0.15, 0.2) is 24.5 Å². The second-order valence-electron chi connectivity index (χ2n) is 6.47. The molecule has 156 valence electrons. The quantitative estimate of drug-likeness (QED) is 0.522. The maximum absolute atomic E-state index is 13.0. The average molecular weight is 448 g/mol. The highest BCUT2D eigenvalue weighted by molar-refractivity contribution is 7.17. The zero-order valence-electron chi connectivity index (χ0n) is 16.2. The van der Waals surface area contributed by atoms with Gasteiger partial charge in [-0.05, 0) is 36.3 Å². The molecule has 0 atom stereocenters. The van der Waals surface area contributed by atoms with Gasteiger partial charge >= 0.3 is 0 Å². The van der Waals surface area contributed by atoms with Crippen LogP contribution in [-0.2, 0) is 11.3 Å². The lowest BCUT2D eigenvalue weighted by Gasteiger charge is -2.14. The number of nitrogens with one attached hydrogen (secondary N) is 1. The minimum Gasteiger partial charge on any atom is -0.494 e. The van der Waals surface area contributed by atoms with Gasteiger partial charge in [0.05, 0.1) is 44.4 Å². The maximum atomic E-state index is 13.0. The average Bonchev–Trinajstić information content (AvgIpc) is 3.49. The zero-order chi connectivity index (χ0) is 21.1. The van der Waals surface area contributed by atoms with Crippen LogP contribution >= 0.6 is 22.9 Å². The van der Waals surface area contributed by atoms with E-state index in [0.717, 1.165) is 24.2 Å². The van der Waals surface area contributed by atoms with Gasteiger partial charge in [-0.25, -0.2) is 4.98 Å². The number of anilines is 1. The lowest BCUT2D eigenvalue weighted by atomic mass is 10.00. The number of methoxy groups -OCH3 is 2. The molecule has 11 heteroatoms. The van der Waals surface area contributed by atoms with Gasteiger partial charge in [-0.2, -0.15) is 0 Å². The summed E-state index contributed by atoms with van der Waals surface area (Å²) in [5.41, 5.74) is 2.23. The third kappa shape index (κ3) is 4.66. The van der Waals surface area contributed by atoms with Crippen LogP contribution in [0.1, 0.15) is 28.9 Å². The van der Waals surface area contributed by atoms with Gasteiger partial charge in [0.25, 0.3) is 11.1 Å². The minimum atomic E-state index is -0.402. The van der Waals surface area contributed by atoms with Crippen molar-refractivity contribution in [3.8, 4) is 22.1 Å². The standard InChI is InChI=1S/C19H18ClN5O4S/c1-27-15-8-22-16(20)6-13(15)12-5-10(9-29-11-3-4-11)21-7-14(12)17(26)23-18-24-25-19(28-2)30-18/h5-8,11H,3-4,9H2,1-2H3,(H,23,24,26). The second kappa shape index (κ2) is 8.90. The molecule has 1 N–H and O–H groups in total. The topological polar surface area (TPSA) is 108 Å². The van der Waals surface area contributed by atoms with Crippen molar-refractivity contribution in [1.29, 1.82) is 0 Å². The second-order valence-corrected chi connectivity index (χ2v) is 7.80. The highest BCUT2D eigenvalue weighted by Crippen LogP contribution is 2.35. The number of carbonyl (C=O) groups is 1. The van der Waals surface area contributed by atoms with Gasteiger partial charge in [0.15, 0.2) is 0 Å². The summed E-state index contributed by atoms with van der Waals surface area (Å²) in [6, 6.07) is 3.44. The Kier molecular flexibility index (Phi) is 6.07. The number of rotatable bonds is 8. The number of amides is 1. The molecule has 3 aromatic heterocycles. The van der Waals surface area contributed by atoms with Crippen molar-refractivity contribution in [2.45, 2.75) is 25.6 Å². The molecule has 0 aromatic carbocycles. The molecule has 0 unspecified atom stereocenters. The number of carbonyl (C=O) groups excluding carboxylic acids is 1. The Morgan fingerprint density at radius 1 is 1.17 bits per heavy atom. The molecule has 1 aliphatic rings. The molecule has 1 aliphatic carbocycles. The molecule has 30 heavy (non-hydrogen) atoms. The Hall–Kier alpha value is -2.82. The largest absolute Gasteiger partial charge is 0.494 e. The third-order valence-corrected chi connectivity index (χ3v) is 5.35. The molecule has 1 saturated carbocycles.